The third-order valence-electron chi connectivity index (χ3n) is 4.10. The van der Waals surface area contributed by atoms with Crippen molar-refractivity contribution in [1.29, 1.82) is 0 Å². The van der Waals surface area contributed by atoms with Gasteiger partial charge in [0.1, 0.15) is 5.82 Å². The first-order chi connectivity index (χ1) is 10.3. The Morgan fingerprint density at radius 1 is 1.14 bits per heavy atom. The Labute approximate surface area is 127 Å². The third kappa shape index (κ3) is 2.36. The number of aromatic amines is 1. The molecule has 1 fully saturated rings. The number of thiophene rings is 1. The highest BCUT2D eigenvalue weighted by atomic mass is 32.1. The van der Waals surface area contributed by atoms with E-state index in [1.807, 2.05) is 0 Å². The summed E-state index contributed by atoms with van der Waals surface area (Å²) >= 11 is 1.74. The van der Waals surface area contributed by atoms with Gasteiger partial charge in [0.05, 0.1) is 11.6 Å². The summed E-state index contributed by atoms with van der Waals surface area (Å²) < 4.78 is 1.29. The van der Waals surface area contributed by atoms with Gasteiger partial charge in [0.15, 0.2) is 0 Å². The molecule has 0 saturated carbocycles. The summed E-state index contributed by atoms with van der Waals surface area (Å²) in [6, 6.07) is 8.91. The largest absolute Gasteiger partial charge is 0.395 e. The average molecular weight is 301 g/mol. The highest BCUT2D eigenvalue weighted by Gasteiger charge is 2.15. The van der Waals surface area contributed by atoms with Gasteiger partial charge in [-0.2, -0.15) is 0 Å². The van der Waals surface area contributed by atoms with Crippen molar-refractivity contribution in [2.24, 2.45) is 0 Å². The fourth-order valence-corrected chi connectivity index (χ4v) is 4.06. The fraction of sp³-hybridized carbons (Fsp3) is 0.375. The number of nitrogens with zero attached hydrogens (tertiary/aromatic N) is 1. The summed E-state index contributed by atoms with van der Waals surface area (Å²) in [7, 11) is 0. The van der Waals surface area contributed by atoms with Crippen LogP contribution in [0.3, 0.4) is 0 Å². The van der Waals surface area contributed by atoms with Crippen molar-refractivity contribution in [2.75, 3.05) is 36.5 Å². The average Bonchev–Trinajstić information content (AvgIpc) is 3.19. The number of benzene rings is 1. The van der Waals surface area contributed by atoms with Gasteiger partial charge in [-0.1, -0.05) is 0 Å². The molecule has 1 aromatic carbocycles. The van der Waals surface area contributed by atoms with E-state index in [9.17, 15) is 0 Å². The number of H-pyrrole nitrogens is 1. The number of hydrogen-bond acceptors (Lipinski definition) is 4. The maximum atomic E-state index is 8.89. The van der Waals surface area contributed by atoms with Gasteiger partial charge >= 0.3 is 0 Å². The molecule has 0 amide bonds. The van der Waals surface area contributed by atoms with Gasteiger partial charge < -0.3 is 20.3 Å². The predicted molar refractivity (Wildman–Crippen MR) is 90.7 cm³/mol. The zero-order valence-electron chi connectivity index (χ0n) is 11.9. The molecule has 0 unspecified atom stereocenters. The number of rotatable bonds is 4. The van der Waals surface area contributed by atoms with Crippen molar-refractivity contribution in [3.63, 3.8) is 0 Å². The molecule has 5 heteroatoms. The number of fused-ring (bicyclic) bond motifs is 2. The van der Waals surface area contributed by atoms with E-state index in [-0.39, 0.29) is 6.61 Å². The minimum Gasteiger partial charge on any atom is -0.395 e. The monoisotopic (exact) mass is 301 g/mol. The second-order valence-corrected chi connectivity index (χ2v) is 6.67. The third-order valence-corrected chi connectivity index (χ3v) is 5.16. The molecule has 4 rings (SSSR count). The van der Waals surface area contributed by atoms with Crippen molar-refractivity contribution >= 4 is 43.1 Å². The second kappa shape index (κ2) is 5.24. The molecule has 3 aromatic rings. The Morgan fingerprint density at radius 3 is 2.81 bits per heavy atom. The molecule has 1 aliphatic rings. The van der Waals surface area contributed by atoms with Crippen LogP contribution >= 0.6 is 11.3 Å². The summed E-state index contributed by atoms with van der Waals surface area (Å²) in [5, 5.41) is 15.8. The van der Waals surface area contributed by atoms with Gasteiger partial charge in [-0.3, -0.25) is 0 Å². The zero-order valence-corrected chi connectivity index (χ0v) is 12.7. The van der Waals surface area contributed by atoms with Crippen LogP contribution in [-0.2, 0) is 0 Å². The molecule has 0 radical (unpaired) electrons. The number of anilines is 2. The van der Waals surface area contributed by atoms with Gasteiger partial charge in [-0.15, -0.1) is 11.3 Å². The smallest absolute Gasteiger partial charge is 0.106 e. The molecule has 0 spiro atoms. The van der Waals surface area contributed by atoms with Crippen LogP contribution in [0.4, 0.5) is 10.8 Å². The number of aliphatic hydroxyl groups excluding tert-OH is 1. The Hall–Kier alpha value is -1.72. The molecular formula is C16H19N3OS. The SMILES string of the molecule is OCCNc1cc2cc3[nH]c(N4CCCC4)cc3cc2s1. The first kappa shape index (κ1) is 13.0. The van der Waals surface area contributed by atoms with Crippen LogP contribution in [-0.4, -0.2) is 36.3 Å². The van der Waals surface area contributed by atoms with Gasteiger partial charge in [0, 0.05) is 35.2 Å². The quantitative estimate of drug-likeness (QED) is 0.692. The molecule has 1 saturated heterocycles. The van der Waals surface area contributed by atoms with Gasteiger partial charge in [0.25, 0.3) is 0 Å². The maximum Gasteiger partial charge on any atom is 0.106 e. The molecule has 2 aromatic heterocycles. The molecular weight excluding hydrogens is 282 g/mol. The van der Waals surface area contributed by atoms with E-state index >= 15 is 0 Å². The van der Waals surface area contributed by atoms with Crippen LogP contribution in [0.2, 0.25) is 0 Å². The van der Waals surface area contributed by atoms with Gasteiger partial charge in [-0.05, 0) is 42.5 Å². The Bertz CT molecular complexity index is 719. The molecule has 0 atom stereocenters. The minimum absolute atomic E-state index is 0.161. The highest BCUT2D eigenvalue weighted by Crippen LogP contribution is 2.34. The lowest BCUT2D eigenvalue weighted by Crippen LogP contribution is -2.17. The van der Waals surface area contributed by atoms with E-state index in [0.29, 0.717) is 6.54 Å². The minimum atomic E-state index is 0.161. The molecule has 3 N–H and O–H groups in total. The molecule has 21 heavy (non-hydrogen) atoms. The lowest BCUT2D eigenvalue weighted by Gasteiger charge is -2.14. The number of aliphatic hydroxyl groups is 1. The Morgan fingerprint density at radius 2 is 2.00 bits per heavy atom. The van der Waals surface area contributed by atoms with Crippen LogP contribution < -0.4 is 10.2 Å². The summed E-state index contributed by atoms with van der Waals surface area (Å²) in [5.74, 6) is 1.25. The van der Waals surface area contributed by atoms with Crippen molar-refractivity contribution in [2.45, 2.75) is 12.8 Å². The van der Waals surface area contributed by atoms with E-state index in [2.05, 4.69) is 39.5 Å². The lowest BCUT2D eigenvalue weighted by atomic mass is 10.2. The molecule has 0 bridgehead atoms. The standard InChI is InChI=1S/C16H19N3OS/c20-6-3-17-16-10-12-7-13-11(8-14(12)21-16)9-15(18-13)19-4-1-2-5-19/h7-10,17-18,20H,1-6H2. The number of aromatic nitrogens is 1. The molecule has 0 aliphatic carbocycles. The van der Waals surface area contributed by atoms with Crippen LogP contribution in [0.5, 0.6) is 0 Å². The van der Waals surface area contributed by atoms with Crippen LogP contribution in [0, 0.1) is 0 Å². The van der Waals surface area contributed by atoms with E-state index < -0.39 is 0 Å². The summed E-state index contributed by atoms with van der Waals surface area (Å²) in [4.78, 5) is 5.99. The van der Waals surface area contributed by atoms with E-state index in [1.54, 1.807) is 11.3 Å². The van der Waals surface area contributed by atoms with E-state index in [4.69, 9.17) is 5.11 Å². The van der Waals surface area contributed by atoms with Crippen molar-refractivity contribution in [3.05, 3.63) is 24.3 Å². The Balaban J connectivity index is 1.71. The molecule has 1 aliphatic heterocycles. The van der Waals surface area contributed by atoms with Gasteiger partial charge in [0.2, 0.25) is 0 Å². The number of hydrogen-bond donors (Lipinski definition) is 3. The summed E-state index contributed by atoms with van der Waals surface area (Å²) in [6.07, 6.45) is 2.59. The van der Waals surface area contributed by atoms with Crippen molar-refractivity contribution < 1.29 is 5.11 Å². The molecule has 110 valence electrons. The topological polar surface area (TPSA) is 51.3 Å². The van der Waals surface area contributed by atoms with E-state index in [1.165, 1.54) is 39.6 Å². The predicted octanol–water partition coefficient (Wildman–Crippen LogP) is 3.39. The van der Waals surface area contributed by atoms with Crippen LogP contribution in [0.1, 0.15) is 12.8 Å². The highest BCUT2D eigenvalue weighted by molar-refractivity contribution is 7.22. The first-order valence-electron chi connectivity index (χ1n) is 7.49. The van der Waals surface area contributed by atoms with Crippen molar-refractivity contribution in [1.82, 2.24) is 4.98 Å². The van der Waals surface area contributed by atoms with Crippen LogP contribution in [0.15, 0.2) is 24.3 Å². The first-order valence-corrected chi connectivity index (χ1v) is 8.31. The van der Waals surface area contributed by atoms with Crippen LogP contribution in [0.25, 0.3) is 21.0 Å². The molecule has 3 heterocycles. The lowest BCUT2D eigenvalue weighted by molar-refractivity contribution is 0.311. The normalized spacial score (nSPS) is 15.4. The van der Waals surface area contributed by atoms with E-state index in [0.717, 1.165) is 18.1 Å². The maximum absolute atomic E-state index is 8.89. The fourth-order valence-electron chi connectivity index (χ4n) is 3.05. The Kier molecular flexibility index (Phi) is 3.24. The summed E-state index contributed by atoms with van der Waals surface area (Å²) in [6.45, 7) is 3.09. The summed E-state index contributed by atoms with van der Waals surface area (Å²) in [5.41, 5.74) is 1.20. The second-order valence-electron chi connectivity index (χ2n) is 5.59. The van der Waals surface area contributed by atoms with Crippen molar-refractivity contribution in [3.8, 4) is 0 Å². The van der Waals surface area contributed by atoms with Gasteiger partial charge in [-0.25, -0.2) is 0 Å². The molecule has 4 nitrogen and oxygen atoms in total. The number of nitrogens with one attached hydrogen (secondary N) is 2. The zero-order chi connectivity index (χ0) is 14.2.